The van der Waals surface area contributed by atoms with E-state index in [1.165, 1.54) is 6.39 Å². The van der Waals surface area contributed by atoms with Crippen molar-refractivity contribution in [3.8, 4) is 0 Å². The zero-order chi connectivity index (χ0) is 10.2. The maximum atomic E-state index is 9.87. The van der Waals surface area contributed by atoms with Gasteiger partial charge in [-0.3, -0.25) is 0 Å². The van der Waals surface area contributed by atoms with Crippen LogP contribution in [-0.2, 0) is 0 Å². The number of oxazole rings is 1. The summed E-state index contributed by atoms with van der Waals surface area (Å²) in [5.74, 6) is 0.777. The van der Waals surface area contributed by atoms with Crippen molar-refractivity contribution >= 4 is 5.57 Å². The molecule has 1 unspecified atom stereocenters. The van der Waals surface area contributed by atoms with Gasteiger partial charge in [-0.25, -0.2) is 4.98 Å². The number of aliphatic hydroxyl groups is 1. The van der Waals surface area contributed by atoms with Crippen LogP contribution in [0.15, 0.2) is 23.1 Å². The SMILES string of the molecule is CC1(C)CCC(c2cnco2)=CC1O. The minimum absolute atomic E-state index is 0.0243. The van der Waals surface area contributed by atoms with Gasteiger partial charge in [0.2, 0.25) is 0 Å². The third kappa shape index (κ3) is 1.60. The normalized spacial score (nSPS) is 25.9. The number of allylic oxidation sites excluding steroid dienone is 1. The highest BCUT2D eigenvalue weighted by molar-refractivity contribution is 5.62. The average Bonchev–Trinajstić information content (AvgIpc) is 2.62. The van der Waals surface area contributed by atoms with E-state index in [1.807, 2.05) is 6.08 Å². The molecular formula is C11H15NO2. The molecule has 0 bridgehead atoms. The van der Waals surface area contributed by atoms with Gasteiger partial charge in [-0.05, 0) is 29.9 Å². The lowest BCUT2D eigenvalue weighted by atomic mass is 9.76. The Morgan fingerprint density at radius 1 is 1.57 bits per heavy atom. The van der Waals surface area contributed by atoms with Crippen LogP contribution in [0.25, 0.3) is 5.57 Å². The summed E-state index contributed by atoms with van der Waals surface area (Å²) in [6.07, 6.45) is 6.51. The molecule has 0 spiro atoms. The topological polar surface area (TPSA) is 46.3 Å². The van der Waals surface area contributed by atoms with Crippen LogP contribution in [0.4, 0.5) is 0 Å². The van der Waals surface area contributed by atoms with E-state index in [2.05, 4.69) is 18.8 Å². The van der Waals surface area contributed by atoms with Gasteiger partial charge in [-0.15, -0.1) is 0 Å². The van der Waals surface area contributed by atoms with E-state index in [9.17, 15) is 5.11 Å². The first kappa shape index (κ1) is 9.46. The first-order valence-corrected chi connectivity index (χ1v) is 4.87. The van der Waals surface area contributed by atoms with Crippen molar-refractivity contribution in [3.63, 3.8) is 0 Å². The summed E-state index contributed by atoms with van der Waals surface area (Å²) in [6.45, 7) is 4.15. The molecule has 2 rings (SSSR count). The van der Waals surface area contributed by atoms with Crippen molar-refractivity contribution in [3.05, 3.63) is 24.4 Å². The highest BCUT2D eigenvalue weighted by Gasteiger charge is 2.31. The Balaban J connectivity index is 2.25. The molecule has 3 heteroatoms. The molecule has 0 amide bonds. The number of nitrogens with zero attached hydrogens (tertiary/aromatic N) is 1. The molecule has 14 heavy (non-hydrogen) atoms. The summed E-state index contributed by atoms with van der Waals surface area (Å²) in [6, 6.07) is 0. The van der Waals surface area contributed by atoms with Gasteiger partial charge in [0.15, 0.2) is 6.39 Å². The lowest BCUT2D eigenvalue weighted by Crippen LogP contribution is -2.30. The molecule has 0 saturated carbocycles. The molecule has 3 nitrogen and oxygen atoms in total. The van der Waals surface area contributed by atoms with Crippen LogP contribution in [0, 0.1) is 5.41 Å². The van der Waals surface area contributed by atoms with Gasteiger partial charge in [0.05, 0.1) is 12.3 Å². The van der Waals surface area contributed by atoms with Crippen LogP contribution in [0.3, 0.4) is 0 Å². The molecule has 1 aliphatic rings. The third-order valence-electron chi connectivity index (χ3n) is 2.95. The van der Waals surface area contributed by atoms with Gasteiger partial charge in [0, 0.05) is 0 Å². The van der Waals surface area contributed by atoms with Crippen LogP contribution in [0.2, 0.25) is 0 Å². The summed E-state index contributed by atoms with van der Waals surface area (Å²) < 4.78 is 5.20. The van der Waals surface area contributed by atoms with Crippen LogP contribution >= 0.6 is 0 Å². The Morgan fingerprint density at radius 3 is 2.93 bits per heavy atom. The number of hydrogen-bond donors (Lipinski definition) is 1. The van der Waals surface area contributed by atoms with Gasteiger partial charge in [0.25, 0.3) is 0 Å². The first-order valence-electron chi connectivity index (χ1n) is 4.87. The van der Waals surface area contributed by atoms with Crippen LogP contribution in [-0.4, -0.2) is 16.2 Å². The van der Waals surface area contributed by atoms with Crippen LogP contribution in [0.5, 0.6) is 0 Å². The Morgan fingerprint density at radius 2 is 2.36 bits per heavy atom. The van der Waals surface area contributed by atoms with E-state index in [4.69, 9.17) is 4.42 Å². The second-order valence-electron chi connectivity index (χ2n) is 4.49. The molecule has 1 aliphatic carbocycles. The number of rotatable bonds is 1. The van der Waals surface area contributed by atoms with Crippen molar-refractivity contribution in [1.29, 1.82) is 0 Å². The maximum absolute atomic E-state index is 9.87. The number of aromatic nitrogens is 1. The fourth-order valence-corrected chi connectivity index (χ4v) is 1.68. The molecular weight excluding hydrogens is 178 g/mol. The molecule has 1 aromatic rings. The summed E-state index contributed by atoms with van der Waals surface area (Å²) in [5.41, 5.74) is 1.04. The van der Waals surface area contributed by atoms with Crippen molar-refractivity contribution in [2.45, 2.75) is 32.8 Å². The second-order valence-corrected chi connectivity index (χ2v) is 4.49. The predicted octanol–water partition coefficient (Wildman–Crippen LogP) is 2.24. The number of hydrogen-bond acceptors (Lipinski definition) is 3. The van der Waals surface area contributed by atoms with E-state index < -0.39 is 6.10 Å². The largest absolute Gasteiger partial charge is 0.444 e. The third-order valence-corrected chi connectivity index (χ3v) is 2.95. The monoisotopic (exact) mass is 193 g/mol. The zero-order valence-corrected chi connectivity index (χ0v) is 8.53. The molecule has 0 fully saturated rings. The smallest absolute Gasteiger partial charge is 0.181 e. The minimum atomic E-state index is -0.392. The standard InChI is InChI=1S/C11H15NO2/c1-11(2)4-3-8(5-10(11)13)9-6-12-7-14-9/h5-7,10,13H,3-4H2,1-2H3. The highest BCUT2D eigenvalue weighted by Crippen LogP contribution is 2.37. The van der Waals surface area contributed by atoms with E-state index in [-0.39, 0.29) is 5.41 Å². The highest BCUT2D eigenvalue weighted by atomic mass is 16.3. The van der Waals surface area contributed by atoms with E-state index in [1.54, 1.807) is 6.20 Å². The van der Waals surface area contributed by atoms with E-state index >= 15 is 0 Å². The lowest BCUT2D eigenvalue weighted by Gasteiger charge is -2.33. The molecule has 1 aromatic heterocycles. The second kappa shape index (κ2) is 3.24. The van der Waals surface area contributed by atoms with Gasteiger partial charge < -0.3 is 9.52 Å². The Kier molecular flexibility index (Phi) is 2.19. The van der Waals surface area contributed by atoms with Crippen LogP contribution in [0.1, 0.15) is 32.4 Å². The molecule has 1 atom stereocenters. The summed E-state index contributed by atoms with van der Waals surface area (Å²) in [7, 11) is 0. The minimum Gasteiger partial charge on any atom is -0.444 e. The Labute approximate surface area is 83.5 Å². The Hall–Kier alpha value is -1.09. The summed E-state index contributed by atoms with van der Waals surface area (Å²) in [4.78, 5) is 3.87. The molecule has 0 saturated heterocycles. The van der Waals surface area contributed by atoms with E-state index in [0.717, 1.165) is 24.2 Å². The van der Waals surface area contributed by atoms with Gasteiger partial charge in [0.1, 0.15) is 5.76 Å². The summed E-state index contributed by atoms with van der Waals surface area (Å²) >= 11 is 0. The zero-order valence-electron chi connectivity index (χ0n) is 8.53. The molecule has 1 heterocycles. The number of aliphatic hydroxyl groups excluding tert-OH is 1. The lowest BCUT2D eigenvalue weighted by molar-refractivity contribution is 0.0791. The molecule has 1 N–H and O–H groups in total. The van der Waals surface area contributed by atoms with Crippen molar-refractivity contribution < 1.29 is 9.52 Å². The maximum Gasteiger partial charge on any atom is 0.181 e. The van der Waals surface area contributed by atoms with Crippen LogP contribution < -0.4 is 0 Å². The van der Waals surface area contributed by atoms with Gasteiger partial charge in [-0.1, -0.05) is 13.8 Å². The molecule has 76 valence electrons. The van der Waals surface area contributed by atoms with Crippen molar-refractivity contribution in [1.82, 2.24) is 4.98 Å². The quantitative estimate of drug-likeness (QED) is 0.744. The average molecular weight is 193 g/mol. The van der Waals surface area contributed by atoms with Crippen molar-refractivity contribution in [2.24, 2.45) is 5.41 Å². The molecule has 0 aromatic carbocycles. The molecule has 0 radical (unpaired) electrons. The van der Waals surface area contributed by atoms with Gasteiger partial charge in [-0.2, -0.15) is 0 Å². The first-order chi connectivity index (χ1) is 6.59. The van der Waals surface area contributed by atoms with E-state index in [0.29, 0.717) is 0 Å². The molecule has 0 aliphatic heterocycles. The Bertz CT molecular complexity index is 338. The van der Waals surface area contributed by atoms with Crippen molar-refractivity contribution in [2.75, 3.05) is 0 Å². The predicted molar refractivity (Wildman–Crippen MR) is 53.5 cm³/mol. The fourth-order valence-electron chi connectivity index (χ4n) is 1.68. The fraction of sp³-hybridized carbons (Fsp3) is 0.545. The van der Waals surface area contributed by atoms with Gasteiger partial charge >= 0.3 is 0 Å². The summed E-state index contributed by atoms with van der Waals surface area (Å²) in [5, 5.41) is 9.87.